The molecule has 144 valence electrons. The molecule has 1 aromatic carbocycles. The number of benzene rings is 1. The maximum absolute atomic E-state index is 12.4. The van der Waals surface area contributed by atoms with Crippen molar-refractivity contribution in [3.05, 3.63) is 75.9 Å². The predicted molar refractivity (Wildman–Crippen MR) is 112 cm³/mol. The normalized spacial score (nSPS) is 10.5. The van der Waals surface area contributed by atoms with Crippen molar-refractivity contribution in [3.8, 4) is 22.4 Å². The summed E-state index contributed by atoms with van der Waals surface area (Å²) in [7, 11) is 0. The molecule has 6 nitrogen and oxygen atoms in total. The van der Waals surface area contributed by atoms with Gasteiger partial charge in [0.1, 0.15) is 24.2 Å². The summed E-state index contributed by atoms with van der Waals surface area (Å²) < 4.78 is 11.2. The molecule has 29 heavy (non-hydrogen) atoms. The highest BCUT2D eigenvalue weighted by atomic mass is 32.1. The van der Waals surface area contributed by atoms with Crippen molar-refractivity contribution < 1.29 is 13.9 Å². The van der Waals surface area contributed by atoms with E-state index >= 15 is 0 Å². The number of hydrogen-bond donors (Lipinski definition) is 1. The molecule has 0 fully saturated rings. The molecular formula is C21H15N3O3S2. The number of carbonyl (C=O) groups is 1. The van der Waals surface area contributed by atoms with Crippen LogP contribution in [0, 0.1) is 18.3 Å². The number of amides is 1. The van der Waals surface area contributed by atoms with E-state index < -0.39 is 0 Å². The highest BCUT2D eigenvalue weighted by Crippen LogP contribution is 2.30. The van der Waals surface area contributed by atoms with Crippen molar-refractivity contribution in [2.24, 2.45) is 0 Å². The zero-order valence-electron chi connectivity index (χ0n) is 15.3. The molecule has 4 aromatic rings. The molecule has 0 radical (unpaired) electrons. The van der Waals surface area contributed by atoms with E-state index in [1.807, 2.05) is 24.4 Å². The third kappa shape index (κ3) is 4.37. The Bertz CT molecular complexity index is 1200. The maximum Gasteiger partial charge on any atom is 0.293 e. The number of aromatic nitrogens is 1. The summed E-state index contributed by atoms with van der Waals surface area (Å²) in [5.41, 5.74) is 1.28. The average molecular weight is 422 g/mol. The summed E-state index contributed by atoms with van der Waals surface area (Å²) in [4.78, 5) is 19.2. The van der Waals surface area contributed by atoms with Crippen molar-refractivity contribution in [1.82, 2.24) is 4.98 Å². The van der Waals surface area contributed by atoms with Gasteiger partial charge >= 0.3 is 0 Å². The molecule has 4 rings (SSSR count). The van der Waals surface area contributed by atoms with Gasteiger partial charge in [0, 0.05) is 10.3 Å². The summed E-state index contributed by atoms with van der Waals surface area (Å²) in [5.74, 6) is 0.742. The first kappa shape index (κ1) is 18.9. The second kappa shape index (κ2) is 8.31. The van der Waals surface area contributed by atoms with E-state index in [0.717, 1.165) is 10.6 Å². The fourth-order valence-corrected chi connectivity index (χ4v) is 4.19. The van der Waals surface area contributed by atoms with E-state index in [4.69, 9.17) is 14.4 Å². The van der Waals surface area contributed by atoms with Gasteiger partial charge in [-0.05, 0) is 43.3 Å². The molecule has 3 aromatic heterocycles. The maximum atomic E-state index is 12.4. The van der Waals surface area contributed by atoms with Crippen molar-refractivity contribution in [2.75, 3.05) is 5.32 Å². The van der Waals surface area contributed by atoms with E-state index in [9.17, 15) is 4.79 Å². The van der Waals surface area contributed by atoms with Gasteiger partial charge in [-0.2, -0.15) is 5.26 Å². The van der Waals surface area contributed by atoms with Crippen molar-refractivity contribution >= 4 is 33.7 Å². The quantitative estimate of drug-likeness (QED) is 0.446. The Morgan fingerprint density at radius 1 is 1.24 bits per heavy atom. The van der Waals surface area contributed by atoms with E-state index in [-0.39, 0.29) is 18.3 Å². The molecule has 0 aliphatic carbocycles. The van der Waals surface area contributed by atoms with Crippen LogP contribution in [0.2, 0.25) is 0 Å². The summed E-state index contributed by atoms with van der Waals surface area (Å²) >= 11 is 3.02. The smallest absolute Gasteiger partial charge is 0.293 e. The Balaban J connectivity index is 1.39. The number of rotatable bonds is 6. The fraction of sp³-hybridized carbons (Fsp3) is 0.0952. The number of furan rings is 1. The van der Waals surface area contributed by atoms with Crippen molar-refractivity contribution in [2.45, 2.75) is 13.5 Å². The molecule has 0 saturated carbocycles. The van der Waals surface area contributed by atoms with Gasteiger partial charge in [0.2, 0.25) is 0 Å². The number of ether oxygens (including phenoxy) is 1. The number of thiazole rings is 1. The molecule has 0 saturated heterocycles. The number of thiophene rings is 1. The number of nitrogens with one attached hydrogen (secondary N) is 1. The van der Waals surface area contributed by atoms with Crippen LogP contribution in [0.1, 0.15) is 26.8 Å². The van der Waals surface area contributed by atoms with Crippen LogP contribution < -0.4 is 10.1 Å². The molecule has 0 aliphatic rings. The Kier molecular flexibility index (Phi) is 5.42. The van der Waals surface area contributed by atoms with Gasteiger partial charge in [-0.1, -0.05) is 12.1 Å². The number of anilines is 1. The van der Waals surface area contributed by atoms with E-state index in [0.29, 0.717) is 22.2 Å². The molecule has 0 bridgehead atoms. The standard InChI is InChI=1S/C21H15N3O3S2/c1-13-6-9-19(29-13)16-12-28-21(23-16)24-20(25)18-8-7-15(27-18)11-26-17-5-3-2-4-14(17)10-22/h2-9,12H,11H2,1H3,(H,23,24,25). The first-order valence-electron chi connectivity index (χ1n) is 8.67. The summed E-state index contributed by atoms with van der Waals surface area (Å²) in [6.45, 7) is 2.16. The van der Waals surface area contributed by atoms with Crippen LogP contribution in [-0.4, -0.2) is 10.9 Å². The van der Waals surface area contributed by atoms with Crippen LogP contribution in [0.5, 0.6) is 5.75 Å². The Hall–Kier alpha value is -3.41. The van der Waals surface area contributed by atoms with Gasteiger partial charge in [0.05, 0.1) is 16.1 Å². The van der Waals surface area contributed by atoms with Crippen molar-refractivity contribution in [1.29, 1.82) is 5.26 Å². The molecule has 0 unspecified atom stereocenters. The fourth-order valence-electron chi connectivity index (χ4n) is 2.59. The molecular weight excluding hydrogens is 406 g/mol. The minimum Gasteiger partial charge on any atom is -0.484 e. The van der Waals surface area contributed by atoms with Crippen LogP contribution in [0.15, 0.2) is 58.3 Å². The zero-order valence-corrected chi connectivity index (χ0v) is 17.0. The van der Waals surface area contributed by atoms with Gasteiger partial charge in [-0.3, -0.25) is 10.1 Å². The van der Waals surface area contributed by atoms with Gasteiger partial charge in [-0.15, -0.1) is 22.7 Å². The number of para-hydroxylation sites is 1. The average Bonchev–Trinajstić information content (AvgIpc) is 3.47. The third-order valence-electron chi connectivity index (χ3n) is 3.98. The number of carbonyl (C=O) groups excluding carboxylic acids is 1. The molecule has 0 atom stereocenters. The molecule has 3 heterocycles. The van der Waals surface area contributed by atoms with Crippen LogP contribution in [0.25, 0.3) is 10.6 Å². The molecule has 0 spiro atoms. The number of hydrogen-bond acceptors (Lipinski definition) is 7. The summed E-state index contributed by atoms with van der Waals surface area (Å²) in [5, 5.41) is 14.3. The predicted octanol–water partition coefficient (Wildman–Crippen LogP) is 5.48. The highest BCUT2D eigenvalue weighted by molar-refractivity contribution is 7.17. The van der Waals surface area contributed by atoms with Crippen LogP contribution in [0.3, 0.4) is 0 Å². The lowest BCUT2D eigenvalue weighted by molar-refractivity contribution is 0.0992. The van der Waals surface area contributed by atoms with Crippen LogP contribution in [-0.2, 0) is 6.61 Å². The van der Waals surface area contributed by atoms with E-state index in [2.05, 4.69) is 16.4 Å². The Morgan fingerprint density at radius 2 is 2.10 bits per heavy atom. The highest BCUT2D eigenvalue weighted by Gasteiger charge is 2.15. The minimum atomic E-state index is -0.378. The molecule has 8 heteroatoms. The molecule has 1 N–H and O–H groups in total. The molecule has 1 amide bonds. The second-order valence-electron chi connectivity index (χ2n) is 6.06. The van der Waals surface area contributed by atoms with Gasteiger partial charge in [0.25, 0.3) is 5.91 Å². The topological polar surface area (TPSA) is 88.1 Å². The Labute approximate surface area is 175 Å². The lowest BCUT2D eigenvalue weighted by atomic mass is 10.2. The SMILES string of the molecule is Cc1ccc(-c2csc(NC(=O)c3ccc(COc4ccccc4C#N)o3)n2)s1. The second-order valence-corrected chi connectivity index (χ2v) is 8.21. The minimum absolute atomic E-state index is 0.116. The van der Waals surface area contributed by atoms with E-state index in [1.165, 1.54) is 16.2 Å². The first-order valence-corrected chi connectivity index (χ1v) is 10.4. The lowest BCUT2D eigenvalue weighted by Gasteiger charge is -2.05. The zero-order chi connectivity index (χ0) is 20.2. The monoisotopic (exact) mass is 421 g/mol. The van der Waals surface area contributed by atoms with Crippen LogP contribution >= 0.6 is 22.7 Å². The summed E-state index contributed by atoms with van der Waals surface area (Å²) in [6, 6.07) is 16.3. The van der Waals surface area contributed by atoms with Crippen molar-refractivity contribution in [3.63, 3.8) is 0 Å². The van der Waals surface area contributed by atoms with E-state index in [1.54, 1.807) is 47.7 Å². The Morgan fingerprint density at radius 3 is 2.90 bits per heavy atom. The lowest BCUT2D eigenvalue weighted by Crippen LogP contribution is -2.10. The van der Waals surface area contributed by atoms with Crippen LogP contribution in [0.4, 0.5) is 5.13 Å². The number of aryl methyl sites for hydroxylation is 1. The number of nitriles is 1. The molecule has 0 aliphatic heterocycles. The first-order chi connectivity index (χ1) is 14.1. The third-order valence-corrected chi connectivity index (χ3v) is 5.76. The van der Waals surface area contributed by atoms with Gasteiger partial charge in [-0.25, -0.2) is 4.98 Å². The van der Waals surface area contributed by atoms with Gasteiger partial charge < -0.3 is 9.15 Å². The van der Waals surface area contributed by atoms with Gasteiger partial charge in [0.15, 0.2) is 10.9 Å². The largest absolute Gasteiger partial charge is 0.484 e. The number of nitrogens with zero attached hydrogens (tertiary/aromatic N) is 2. The summed E-state index contributed by atoms with van der Waals surface area (Å²) in [6.07, 6.45) is 0.